The van der Waals surface area contributed by atoms with Crippen LogP contribution in [0, 0.1) is 39.4 Å². The van der Waals surface area contributed by atoms with Gasteiger partial charge in [-0.25, -0.2) is 8.37 Å². The van der Waals surface area contributed by atoms with E-state index < -0.39 is 200 Å². The van der Waals surface area contributed by atoms with E-state index in [4.69, 9.17) is 56.3 Å². The van der Waals surface area contributed by atoms with E-state index in [1.165, 1.54) is 12.5 Å². The normalized spacial score (nSPS) is 50.4. The Balaban J connectivity index is 1.03. The van der Waals surface area contributed by atoms with Crippen molar-refractivity contribution in [1.29, 1.82) is 0 Å². The van der Waals surface area contributed by atoms with Crippen LogP contribution in [0.4, 0.5) is 0 Å². The smallest absolute Gasteiger partial charge is 0.394 e. The maximum Gasteiger partial charge on any atom is 0.397 e. The van der Waals surface area contributed by atoms with E-state index in [1.807, 2.05) is 0 Å². The van der Waals surface area contributed by atoms with E-state index >= 15 is 0 Å². The van der Waals surface area contributed by atoms with Crippen LogP contribution >= 0.6 is 0 Å². The van der Waals surface area contributed by atoms with Crippen molar-refractivity contribution in [2.75, 3.05) is 33.5 Å². The Labute approximate surface area is 492 Å². The predicted molar refractivity (Wildman–Crippen MR) is 281 cm³/mol. The van der Waals surface area contributed by atoms with Crippen molar-refractivity contribution in [3.05, 3.63) is 11.6 Å². The van der Waals surface area contributed by atoms with Crippen molar-refractivity contribution >= 4 is 26.6 Å². The molecule has 490 valence electrons. The molecule has 0 aromatic heterocycles. The zero-order valence-corrected chi connectivity index (χ0v) is 50.1. The third-order valence-electron chi connectivity index (χ3n) is 20.7. The molecule has 9 aliphatic rings. The summed E-state index contributed by atoms with van der Waals surface area (Å²) in [5.74, 6) is 0.441. The van der Waals surface area contributed by atoms with Crippen molar-refractivity contribution < 1.29 is 142 Å². The monoisotopic (exact) mass is 1270 g/mol. The molecule has 3 saturated carbocycles. The van der Waals surface area contributed by atoms with Crippen LogP contribution in [0.25, 0.3) is 0 Å². The van der Waals surface area contributed by atoms with Crippen LogP contribution in [0.2, 0.25) is 0 Å². The summed E-state index contributed by atoms with van der Waals surface area (Å²) in [7, 11) is -9.46. The molecule has 5 saturated heterocycles. The lowest BCUT2D eigenvalue weighted by atomic mass is 9.41. The molecular formula is C53H86O30S2. The van der Waals surface area contributed by atoms with Gasteiger partial charge in [0.2, 0.25) is 0 Å². The van der Waals surface area contributed by atoms with Crippen LogP contribution in [0.15, 0.2) is 11.6 Å². The predicted octanol–water partition coefficient (Wildman–Crippen LogP) is -2.72. The van der Waals surface area contributed by atoms with Gasteiger partial charge in [-0.3, -0.25) is 13.9 Å². The molecule has 85 heavy (non-hydrogen) atoms. The summed E-state index contributed by atoms with van der Waals surface area (Å²) in [6.07, 6.45) is -36.7. The topological polar surface area (TPSA) is 448 Å². The summed E-state index contributed by atoms with van der Waals surface area (Å²) in [6.45, 7) is 10.6. The minimum Gasteiger partial charge on any atom is -0.394 e. The second-order valence-corrected chi connectivity index (χ2v) is 27.9. The Morgan fingerprint density at radius 2 is 1.22 bits per heavy atom. The number of carbonyl (C=O) groups is 1. The third-order valence-corrected chi connectivity index (χ3v) is 21.6. The zero-order chi connectivity index (χ0) is 62.4. The molecule has 4 aliphatic carbocycles. The first-order valence-corrected chi connectivity index (χ1v) is 31.5. The van der Waals surface area contributed by atoms with Gasteiger partial charge in [0, 0.05) is 13.0 Å². The molecule has 0 unspecified atom stereocenters. The number of hydrogen-bond acceptors (Lipinski definition) is 28. The SMILES string of the molecule is CO[C@@H]1[C@@H](O)[C@H](O[C@@H]2[C@@H](O)[C@H](O[C@H]3[C@H](O)[C@@H](C)O[C@@H](O[C@H]4[C@H](O[C@H]5CC[C@]6(C)C7=CC[C@]8(C)[C@@H](C(C)=O)CC[C@@]8(C)[C@@H]7CC[C@H]6C5(C)C)OC[C@@H](OS(=O)(=O)O)[C@@H]4O)[C@@H]3O[C@@H]3OC[C@@H](O)[C@H](O)[C@H]3O)O[C@H](COS(=O)(=O)O)[C@H]2O)O[C@H](CO)[C@H]1O. The van der Waals surface area contributed by atoms with Gasteiger partial charge in [-0.1, -0.05) is 46.3 Å². The Morgan fingerprint density at radius 3 is 1.86 bits per heavy atom. The fourth-order valence-corrected chi connectivity index (χ4v) is 16.6. The van der Waals surface area contributed by atoms with Crippen LogP contribution in [-0.4, -0.2) is 264 Å². The number of allylic oxidation sites excluding steroid dienone is 2. The van der Waals surface area contributed by atoms with Crippen LogP contribution < -0.4 is 0 Å². The number of aliphatic hydroxyl groups excluding tert-OH is 10. The van der Waals surface area contributed by atoms with E-state index in [0.717, 1.165) is 39.2 Å². The summed E-state index contributed by atoms with van der Waals surface area (Å²) in [4.78, 5) is 13.0. The summed E-state index contributed by atoms with van der Waals surface area (Å²) in [5, 5.41) is 112. The molecule has 0 aromatic carbocycles. The number of hydrogen-bond donors (Lipinski definition) is 12. The van der Waals surface area contributed by atoms with Gasteiger partial charge in [0.05, 0.1) is 38.6 Å². The average Bonchev–Trinajstić information content (AvgIpc) is 1.69. The highest BCUT2D eigenvalue weighted by Crippen LogP contribution is 2.72. The van der Waals surface area contributed by atoms with Crippen LogP contribution in [0.1, 0.15) is 93.4 Å². The van der Waals surface area contributed by atoms with E-state index in [-0.39, 0.29) is 39.8 Å². The average molecular weight is 1270 g/mol. The highest BCUT2D eigenvalue weighted by Gasteiger charge is 2.67. The summed E-state index contributed by atoms with van der Waals surface area (Å²) in [6, 6.07) is 0. The van der Waals surface area contributed by atoms with E-state index in [9.17, 15) is 81.8 Å². The van der Waals surface area contributed by atoms with Gasteiger partial charge < -0.3 is 103 Å². The molecule has 8 fully saturated rings. The molecule has 5 heterocycles. The lowest BCUT2D eigenvalue weighted by Gasteiger charge is -2.64. The van der Waals surface area contributed by atoms with Gasteiger partial charge in [-0.2, -0.15) is 16.8 Å². The number of aliphatic hydroxyl groups is 10. The largest absolute Gasteiger partial charge is 0.397 e. The molecule has 0 radical (unpaired) electrons. The Kier molecular flexibility index (Phi) is 20.2. The molecule has 30 nitrogen and oxygen atoms in total. The number of carbonyl (C=O) groups excluding carboxylic acids is 1. The first-order valence-electron chi connectivity index (χ1n) is 28.8. The van der Waals surface area contributed by atoms with Crippen molar-refractivity contribution in [2.24, 2.45) is 39.4 Å². The van der Waals surface area contributed by atoms with Crippen molar-refractivity contribution in [1.82, 2.24) is 0 Å². The van der Waals surface area contributed by atoms with Crippen molar-refractivity contribution in [2.45, 2.75) is 241 Å². The number of fused-ring (bicyclic) bond motifs is 5. The number of rotatable bonds is 18. The lowest BCUT2D eigenvalue weighted by Crippen LogP contribution is -2.68. The molecule has 32 heteroatoms. The molecule has 0 aromatic rings. The lowest BCUT2D eigenvalue weighted by molar-refractivity contribution is -0.407. The fourth-order valence-electron chi connectivity index (χ4n) is 15.8. The summed E-state index contributed by atoms with van der Waals surface area (Å²) < 4.78 is 143. The van der Waals surface area contributed by atoms with Crippen molar-refractivity contribution in [3.63, 3.8) is 0 Å². The molecular weight excluding hydrogens is 1180 g/mol. The molecule has 0 spiro atoms. The molecule has 5 aliphatic heterocycles. The van der Waals surface area contributed by atoms with Gasteiger partial charge in [0.25, 0.3) is 0 Å². The number of Topliss-reactive ketones (excluding diaryl/α,β-unsaturated/α-hetero) is 1. The fraction of sp³-hybridized carbons (Fsp3) is 0.943. The maximum absolute atomic E-state index is 13.0. The minimum atomic E-state index is -5.30. The van der Waals surface area contributed by atoms with Crippen LogP contribution in [-0.2, 0) is 86.1 Å². The van der Waals surface area contributed by atoms with Crippen molar-refractivity contribution in [3.8, 4) is 0 Å². The Morgan fingerprint density at radius 1 is 0.612 bits per heavy atom. The summed E-state index contributed by atoms with van der Waals surface area (Å²) in [5.41, 5.74) is 0.140. The summed E-state index contributed by atoms with van der Waals surface area (Å²) >= 11 is 0. The highest BCUT2D eigenvalue weighted by molar-refractivity contribution is 7.81. The minimum absolute atomic E-state index is 0.0220. The number of ketones is 1. The maximum atomic E-state index is 13.0. The van der Waals surface area contributed by atoms with E-state index in [1.54, 1.807) is 6.92 Å². The second-order valence-electron chi connectivity index (χ2n) is 25.7. The zero-order valence-electron chi connectivity index (χ0n) is 48.5. The second kappa shape index (κ2) is 25.4. The molecule has 30 atom stereocenters. The number of ether oxygens (including phenoxy) is 11. The number of methoxy groups -OCH3 is 1. The van der Waals surface area contributed by atoms with Crippen LogP contribution in [0.5, 0.6) is 0 Å². The van der Waals surface area contributed by atoms with Gasteiger partial charge in [-0.15, -0.1) is 0 Å². The Bertz CT molecular complexity index is 2600. The quantitative estimate of drug-likeness (QED) is 0.0377. The van der Waals surface area contributed by atoms with E-state index in [2.05, 4.69) is 44.9 Å². The van der Waals surface area contributed by atoms with Crippen LogP contribution in [0.3, 0.4) is 0 Å². The first-order chi connectivity index (χ1) is 39.6. The van der Waals surface area contributed by atoms with Gasteiger partial charge in [-0.05, 0) is 92.3 Å². The molecule has 0 bridgehead atoms. The highest BCUT2D eigenvalue weighted by atomic mass is 32.3. The first kappa shape index (κ1) is 67.7. The molecule has 12 N–H and O–H groups in total. The standard InChI is InChI=1S/C53H86O30S2/c1-21(55)23-11-15-53(7)25-9-10-30-50(3,4)31(13-14-51(30,5)24(25)12-16-52(23,53)6)78-48-43(36(61)29(19-73-48)83-85(68,69)70)81-49-44(82-45-37(62)33(58)26(56)18-72-45)42(32(57)22(2)75-49)80-47-39(64)41(35(60)28(77-47)20-74-84(65,66)67)79-46-38(63)40(71-8)34(59)27(17-54)76-46/h12,22-23,25-49,54,56-64H,9-11,13-20H2,1-8H3,(H,65,66,67)(H,68,69,70)/t22-,23-,25-,26-,27-,28-,29-,30+,31+,32-,33+,34-,35-,36+,37-,38-,39-,40+,41+,42+,43-,44-,45+,46+,47+,48+,49+,51-,52-,53+/m1/s1. The Hall–Kier alpha value is -1.69. The molecule has 9 rings (SSSR count). The van der Waals surface area contributed by atoms with Gasteiger partial charge >= 0.3 is 20.8 Å². The van der Waals surface area contributed by atoms with Gasteiger partial charge in [0.1, 0.15) is 110 Å². The van der Waals surface area contributed by atoms with Gasteiger partial charge in [0.15, 0.2) is 31.5 Å². The third kappa shape index (κ3) is 12.8. The molecule has 0 amide bonds. The van der Waals surface area contributed by atoms with E-state index in [0.29, 0.717) is 12.8 Å².